The van der Waals surface area contributed by atoms with Gasteiger partial charge in [-0.05, 0) is 38.8 Å². The molecular weight excluding hydrogens is 236 g/mol. The Bertz CT molecular complexity index is 207. The molecule has 0 saturated heterocycles. The lowest BCUT2D eigenvalue weighted by Crippen LogP contribution is -2.38. The summed E-state index contributed by atoms with van der Waals surface area (Å²) >= 11 is 0. The molecule has 0 aliphatic heterocycles. The van der Waals surface area contributed by atoms with Gasteiger partial charge < -0.3 is 10.2 Å². The van der Waals surface area contributed by atoms with Crippen LogP contribution >= 0.6 is 0 Å². The molecule has 3 heteroatoms. The second-order valence-corrected chi connectivity index (χ2v) is 5.41. The lowest BCUT2D eigenvalue weighted by atomic mass is 9.97. The number of amides is 1. The molecule has 0 rings (SSSR count). The van der Waals surface area contributed by atoms with Crippen molar-refractivity contribution < 1.29 is 4.79 Å². The standard InChI is InChI=1S/C16H34N2O/c1-5-9-15(10-6-2)16(19)17-11-14-18(12-7-3)13-8-4/h15H,5-14H2,1-4H3,(H,17,19). The van der Waals surface area contributed by atoms with Crippen molar-refractivity contribution in [1.29, 1.82) is 0 Å². The second kappa shape index (κ2) is 12.5. The monoisotopic (exact) mass is 270 g/mol. The first-order valence-corrected chi connectivity index (χ1v) is 8.19. The largest absolute Gasteiger partial charge is 0.355 e. The Labute approximate surface area is 120 Å². The third-order valence-electron chi connectivity index (χ3n) is 3.45. The Morgan fingerprint density at radius 2 is 1.42 bits per heavy atom. The lowest BCUT2D eigenvalue weighted by Gasteiger charge is -2.22. The van der Waals surface area contributed by atoms with E-state index in [4.69, 9.17) is 0 Å². The Morgan fingerprint density at radius 1 is 0.895 bits per heavy atom. The van der Waals surface area contributed by atoms with Crippen molar-refractivity contribution >= 4 is 5.91 Å². The molecule has 0 aromatic heterocycles. The number of carbonyl (C=O) groups is 1. The Morgan fingerprint density at radius 3 is 1.84 bits per heavy atom. The van der Waals surface area contributed by atoms with Crippen LogP contribution < -0.4 is 5.32 Å². The average Bonchev–Trinajstić information content (AvgIpc) is 2.39. The summed E-state index contributed by atoms with van der Waals surface area (Å²) in [5.74, 6) is 0.484. The molecule has 0 aliphatic carbocycles. The van der Waals surface area contributed by atoms with E-state index in [1.54, 1.807) is 0 Å². The third-order valence-corrected chi connectivity index (χ3v) is 3.45. The Kier molecular flexibility index (Phi) is 12.1. The van der Waals surface area contributed by atoms with Crippen LogP contribution in [-0.4, -0.2) is 37.0 Å². The van der Waals surface area contributed by atoms with E-state index in [1.165, 1.54) is 12.8 Å². The summed E-state index contributed by atoms with van der Waals surface area (Å²) in [5.41, 5.74) is 0. The summed E-state index contributed by atoms with van der Waals surface area (Å²) in [6, 6.07) is 0. The van der Waals surface area contributed by atoms with Gasteiger partial charge in [-0.3, -0.25) is 4.79 Å². The summed E-state index contributed by atoms with van der Waals surface area (Å²) < 4.78 is 0. The zero-order valence-electron chi connectivity index (χ0n) is 13.5. The minimum atomic E-state index is 0.223. The topological polar surface area (TPSA) is 32.3 Å². The van der Waals surface area contributed by atoms with Gasteiger partial charge >= 0.3 is 0 Å². The molecule has 3 nitrogen and oxygen atoms in total. The van der Waals surface area contributed by atoms with Crippen molar-refractivity contribution in [1.82, 2.24) is 10.2 Å². The molecule has 0 radical (unpaired) electrons. The van der Waals surface area contributed by atoms with Gasteiger partial charge in [-0.2, -0.15) is 0 Å². The SMILES string of the molecule is CCCC(CCC)C(=O)NCCN(CCC)CCC. The number of carbonyl (C=O) groups excluding carboxylic acids is 1. The minimum Gasteiger partial charge on any atom is -0.355 e. The van der Waals surface area contributed by atoms with Gasteiger partial charge in [0.2, 0.25) is 5.91 Å². The van der Waals surface area contributed by atoms with E-state index in [0.29, 0.717) is 0 Å². The molecule has 114 valence electrons. The van der Waals surface area contributed by atoms with Crippen LogP contribution in [0.5, 0.6) is 0 Å². The Balaban J connectivity index is 3.97. The van der Waals surface area contributed by atoms with Crippen molar-refractivity contribution in [3.8, 4) is 0 Å². The van der Waals surface area contributed by atoms with Crippen LogP contribution in [0.15, 0.2) is 0 Å². The van der Waals surface area contributed by atoms with Crippen LogP contribution in [0.25, 0.3) is 0 Å². The first-order valence-electron chi connectivity index (χ1n) is 8.19. The molecule has 1 amide bonds. The third kappa shape index (κ3) is 9.04. The van der Waals surface area contributed by atoms with E-state index in [9.17, 15) is 4.79 Å². The van der Waals surface area contributed by atoms with Crippen molar-refractivity contribution in [3.63, 3.8) is 0 Å². The fourth-order valence-corrected chi connectivity index (χ4v) is 2.55. The summed E-state index contributed by atoms with van der Waals surface area (Å²) in [6.07, 6.45) is 6.59. The maximum atomic E-state index is 12.1. The van der Waals surface area contributed by atoms with Crippen molar-refractivity contribution in [3.05, 3.63) is 0 Å². The van der Waals surface area contributed by atoms with E-state index in [0.717, 1.165) is 51.9 Å². The first-order chi connectivity index (χ1) is 9.19. The highest BCUT2D eigenvalue weighted by molar-refractivity contribution is 5.78. The van der Waals surface area contributed by atoms with Crippen LogP contribution in [0.3, 0.4) is 0 Å². The molecule has 0 fully saturated rings. The van der Waals surface area contributed by atoms with Gasteiger partial charge in [0.1, 0.15) is 0 Å². The van der Waals surface area contributed by atoms with E-state index < -0.39 is 0 Å². The Hall–Kier alpha value is -0.570. The van der Waals surface area contributed by atoms with Crippen molar-refractivity contribution in [2.45, 2.75) is 66.2 Å². The van der Waals surface area contributed by atoms with Gasteiger partial charge in [0.05, 0.1) is 0 Å². The van der Waals surface area contributed by atoms with Crippen LogP contribution in [0.1, 0.15) is 66.2 Å². The fourth-order valence-electron chi connectivity index (χ4n) is 2.55. The quantitative estimate of drug-likeness (QED) is 0.589. The number of hydrogen-bond donors (Lipinski definition) is 1. The molecule has 0 bridgehead atoms. The van der Waals surface area contributed by atoms with Crippen LogP contribution in [-0.2, 0) is 4.79 Å². The zero-order valence-corrected chi connectivity index (χ0v) is 13.5. The smallest absolute Gasteiger partial charge is 0.223 e. The molecule has 1 N–H and O–H groups in total. The predicted molar refractivity (Wildman–Crippen MR) is 83.3 cm³/mol. The summed E-state index contributed by atoms with van der Waals surface area (Å²) in [7, 11) is 0. The van der Waals surface area contributed by atoms with Gasteiger partial charge in [0.15, 0.2) is 0 Å². The molecule has 0 atom stereocenters. The molecule has 0 spiro atoms. The van der Waals surface area contributed by atoms with E-state index in [-0.39, 0.29) is 11.8 Å². The van der Waals surface area contributed by atoms with Gasteiger partial charge in [-0.25, -0.2) is 0 Å². The first kappa shape index (κ1) is 18.4. The maximum Gasteiger partial charge on any atom is 0.223 e. The van der Waals surface area contributed by atoms with Crippen molar-refractivity contribution in [2.24, 2.45) is 5.92 Å². The average molecular weight is 270 g/mol. The fraction of sp³-hybridized carbons (Fsp3) is 0.938. The lowest BCUT2D eigenvalue weighted by molar-refractivity contribution is -0.125. The van der Waals surface area contributed by atoms with E-state index in [1.807, 2.05) is 0 Å². The summed E-state index contributed by atoms with van der Waals surface area (Å²) in [6.45, 7) is 12.8. The predicted octanol–water partition coefficient (Wildman–Crippen LogP) is 3.44. The van der Waals surface area contributed by atoms with Crippen LogP contribution in [0.4, 0.5) is 0 Å². The zero-order chi connectivity index (χ0) is 14.5. The van der Waals surface area contributed by atoms with Gasteiger partial charge in [-0.15, -0.1) is 0 Å². The van der Waals surface area contributed by atoms with E-state index in [2.05, 4.69) is 37.9 Å². The summed E-state index contributed by atoms with van der Waals surface area (Å²) in [4.78, 5) is 14.5. The second-order valence-electron chi connectivity index (χ2n) is 5.41. The van der Waals surface area contributed by atoms with Crippen LogP contribution in [0.2, 0.25) is 0 Å². The van der Waals surface area contributed by atoms with Crippen LogP contribution in [0, 0.1) is 5.92 Å². The van der Waals surface area contributed by atoms with Gasteiger partial charge in [-0.1, -0.05) is 40.5 Å². The number of rotatable bonds is 12. The number of hydrogen-bond acceptors (Lipinski definition) is 2. The molecule has 0 heterocycles. The normalized spacial score (nSPS) is 11.3. The number of nitrogens with zero attached hydrogens (tertiary/aromatic N) is 1. The molecule has 0 aromatic rings. The number of nitrogens with one attached hydrogen (secondary N) is 1. The maximum absolute atomic E-state index is 12.1. The minimum absolute atomic E-state index is 0.223. The van der Waals surface area contributed by atoms with Crippen molar-refractivity contribution in [2.75, 3.05) is 26.2 Å². The molecule has 0 aromatic carbocycles. The molecule has 0 saturated carbocycles. The highest BCUT2D eigenvalue weighted by Crippen LogP contribution is 2.13. The highest BCUT2D eigenvalue weighted by atomic mass is 16.1. The molecule has 19 heavy (non-hydrogen) atoms. The summed E-state index contributed by atoms with van der Waals surface area (Å²) in [5, 5.41) is 3.12. The molecule has 0 unspecified atom stereocenters. The molecule has 0 aliphatic rings. The van der Waals surface area contributed by atoms with Gasteiger partial charge in [0, 0.05) is 19.0 Å². The van der Waals surface area contributed by atoms with E-state index >= 15 is 0 Å². The van der Waals surface area contributed by atoms with Gasteiger partial charge in [0.25, 0.3) is 0 Å². The molecular formula is C16H34N2O. The highest BCUT2D eigenvalue weighted by Gasteiger charge is 2.16.